The van der Waals surface area contributed by atoms with Gasteiger partial charge in [-0.25, -0.2) is 0 Å². The van der Waals surface area contributed by atoms with E-state index in [1.807, 2.05) is 0 Å². The second-order valence-corrected chi connectivity index (χ2v) is 18.3. The minimum Gasteiger partial charge on any atom is -0.456 e. The molecule has 0 aliphatic rings. The zero-order valence-electron chi connectivity index (χ0n) is 31.4. The smallest absolute Gasteiger partial charge is 0.179 e. The highest BCUT2D eigenvalue weighted by molar-refractivity contribution is 7.19. The first-order valence-corrected chi connectivity index (χ1v) is 21.5. The summed E-state index contributed by atoms with van der Waals surface area (Å²) < 4.78 is 6.43. The molecule has 0 N–H and O–H groups in total. The predicted octanol–water partition coefficient (Wildman–Crippen LogP) is 11.8. The van der Waals surface area contributed by atoms with Gasteiger partial charge in [-0.05, 0) is 97.6 Å². The summed E-state index contributed by atoms with van der Waals surface area (Å²) >= 11 is 0. The number of hydrogen-bond donors (Lipinski definition) is 0. The monoisotopic (exact) mass is 745 g/mol. The van der Waals surface area contributed by atoms with E-state index in [1.54, 1.807) is 0 Å². The molecule has 0 bridgehead atoms. The minimum absolute atomic E-state index is 0.872. The van der Waals surface area contributed by atoms with E-state index in [4.69, 9.17) is 4.42 Å². The Morgan fingerprint density at radius 3 is 1.23 bits per heavy atom. The van der Waals surface area contributed by atoms with E-state index >= 15 is 0 Å². The average Bonchev–Trinajstić information content (AvgIpc) is 3.66. The minimum atomic E-state index is -2.69. The fourth-order valence-corrected chi connectivity index (χ4v) is 13.3. The Morgan fingerprint density at radius 2 is 0.684 bits per heavy atom. The molecular formula is C54H39NOSi. The summed E-state index contributed by atoms with van der Waals surface area (Å²) in [6, 6.07) is 85.8. The maximum atomic E-state index is 6.43. The lowest BCUT2D eigenvalue weighted by Gasteiger charge is -2.35. The summed E-state index contributed by atoms with van der Waals surface area (Å²) in [6.07, 6.45) is 0. The average molecular weight is 746 g/mol. The lowest BCUT2D eigenvalue weighted by Crippen LogP contribution is -2.74. The van der Waals surface area contributed by atoms with Gasteiger partial charge in [-0.3, -0.25) is 0 Å². The number of furan rings is 1. The molecule has 0 saturated heterocycles. The Morgan fingerprint density at radius 1 is 0.281 bits per heavy atom. The highest BCUT2D eigenvalue weighted by atomic mass is 28.3. The van der Waals surface area contributed by atoms with Crippen LogP contribution in [-0.2, 0) is 0 Å². The largest absolute Gasteiger partial charge is 0.456 e. The Hall–Kier alpha value is -7.20. The van der Waals surface area contributed by atoms with Crippen molar-refractivity contribution in [3.05, 3.63) is 237 Å². The van der Waals surface area contributed by atoms with Crippen LogP contribution in [0.2, 0.25) is 0 Å². The van der Waals surface area contributed by atoms with E-state index in [9.17, 15) is 0 Å². The van der Waals surface area contributed by atoms with Crippen LogP contribution in [-0.4, -0.2) is 8.07 Å². The zero-order chi connectivity index (χ0) is 38.0. The summed E-state index contributed by atoms with van der Waals surface area (Å²) in [4.78, 5) is 2.38. The van der Waals surface area contributed by atoms with Gasteiger partial charge in [-0.1, -0.05) is 182 Å². The van der Waals surface area contributed by atoms with Gasteiger partial charge in [0.25, 0.3) is 0 Å². The van der Waals surface area contributed by atoms with Gasteiger partial charge in [0.15, 0.2) is 8.07 Å². The second kappa shape index (κ2) is 14.8. The summed E-state index contributed by atoms with van der Waals surface area (Å²) in [5.74, 6) is 0. The molecule has 0 aliphatic heterocycles. The van der Waals surface area contributed by atoms with E-state index in [-0.39, 0.29) is 0 Å². The van der Waals surface area contributed by atoms with Gasteiger partial charge in [-0.2, -0.15) is 0 Å². The number of benzene rings is 9. The quantitative estimate of drug-likeness (QED) is 0.108. The fourth-order valence-electron chi connectivity index (χ4n) is 8.54. The summed E-state index contributed by atoms with van der Waals surface area (Å²) in [5, 5.41) is 7.59. The van der Waals surface area contributed by atoms with Gasteiger partial charge < -0.3 is 9.32 Å². The Labute approximate surface area is 334 Å². The van der Waals surface area contributed by atoms with Gasteiger partial charge in [0.1, 0.15) is 11.2 Å². The lowest BCUT2D eigenvalue weighted by atomic mass is 10.0. The van der Waals surface area contributed by atoms with Crippen molar-refractivity contribution >= 4 is 67.8 Å². The van der Waals surface area contributed by atoms with E-state index in [1.165, 1.54) is 43.0 Å². The van der Waals surface area contributed by atoms with Crippen molar-refractivity contribution in [3.63, 3.8) is 0 Å². The second-order valence-electron chi connectivity index (χ2n) is 14.5. The first-order valence-electron chi connectivity index (χ1n) is 19.5. The molecule has 1 aromatic heterocycles. The van der Waals surface area contributed by atoms with Crippen molar-refractivity contribution in [2.24, 2.45) is 0 Å². The van der Waals surface area contributed by atoms with E-state index in [0.717, 1.165) is 39.0 Å². The SMILES string of the molecule is c1ccc(-c2cccc(N(c3ccc([Si](c4ccccc4)(c4ccccc4)c4ccccc4)cc3)c3ccc4oc5ccc(-c6ccccc6)cc5c4c3)c2)cc1. The van der Waals surface area contributed by atoms with E-state index in [2.05, 4.69) is 241 Å². The molecular weight excluding hydrogens is 707 g/mol. The van der Waals surface area contributed by atoms with Crippen LogP contribution in [0, 0.1) is 0 Å². The van der Waals surface area contributed by atoms with Gasteiger partial charge >= 0.3 is 0 Å². The summed E-state index contributed by atoms with van der Waals surface area (Å²) in [7, 11) is -2.69. The summed E-state index contributed by atoms with van der Waals surface area (Å²) in [6.45, 7) is 0. The van der Waals surface area contributed by atoms with Crippen LogP contribution in [0.3, 0.4) is 0 Å². The molecule has 9 aromatic carbocycles. The number of fused-ring (bicyclic) bond motifs is 3. The molecule has 2 nitrogen and oxygen atoms in total. The highest BCUT2D eigenvalue weighted by Gasteiger charge is 2.41. The molecule has 0 atom stereocenters. The van der Waals surface area contributed by atoms with Crippen molar-refractivity contribution in [2.75, 3.05) is 4.90 Å². The number of nitrogens with zero attached hydrogens (tertiary/aromatic N) is 1. The number of anilines is 3. The molecule has 0 spiro atoms. The van der Waals surface area contributed by atoms with Crippen LogP contribution in [0.5, 0.6) is 0 Å². The van der Waals surface area contributed by atoms with Crippen LogP contribution in [0.1, 0.15) is 0 Å². The van der Waals surface area contributed by atoms with Gasteiger partial charge in [0, 0.05) is 27.8 Å². The van der Waals surface area contributed by atoms with Gasteiger partial charge in [0.2, 0.25) is 0 Å². The Balaban J connectivity index is 1.16. The van der Waals surface area contributed by atoms with Crippen molar-refractivity contribution in [2.45, 2.75) is 0 Å². The van der Waals surface area contributed by atoms with Crippen molar-refractivity contribution < 1.29 is 4.42 Å². The molecule has 3 heteroatoms. The van der Waals surface area contributed by atoms with Crippen molar-refractivity contribution in [1.82, 2.24) is 0 Å². The first kappa shape index (κ1) is 34.3. The third kappa shape index (κ3) is 6.25. The molecule has 10 aromatic rings. The lowest BCUT2D eigenvalue weighted by molar-refractivity contribution is 0.669. The number of hydrogen-bond acceptors (Lipinski definition) is 2. The van der Waals surface area contributed by atoms with Crippen LogP contribution in [0.4, 0.5) is 17.1 Å². The number of rotatable bonds is 9. The van der Waals surface area contributed by atoms with Crippen LogP contribution >= 0.6 is 0 Å². The molecule has 270 valence electrons. The van der Waals surface area contributed by atoms with E-state index < -0.39 is 8.07 Å². The van der Waals surface area contributed by atoms with Crippen LogP contribution in [0.25, 0.3) is 44.2 Å². The van der Waals surface area contributed by atoms with Crippen molar-refractivity contribution in [3.8, 4) is 22.3 Å². The Kier molecular flexibility index (Phi) is 8.90. The Bertz CT molecular complexity index is 2830. The topological polar surface area (TPSA) is 16.4 Å². The van der Waals surface area contributed by atoms with Crippen LogP contribution < -0.4 is 25.6 Å². The van der Waals surface area contributed by atoms with Crippen LogP contribution in [0.15, 0.2) is 241 Å². The summed E-state index contributed by atoms with van der Waals surface area (Å²) in [5.41, 5.74) is 9.68. The maximum Gasteiger partial charge on any atom is 0.179 e. The third-order valence-corrected chi connectivity index (χ3v) is 16.0. The molecule has 0 unspecified atom stereocenters. The normalized spacial score (nSPS) is 11.5. The molecule has 0 aliphatic carbocycles. The molecule has 0 amide bonds. The molecule has 0 fully saturated rings. The maximum absolute atomic E-state index is 6.43. The first-order chi connectivity index (χ1) is 28.3. The standard InChI is InChI=1S/C54H39NOSi/c1-6-17-40(18-7-1)42-21-16-22-45(37-42)55(46-32-36-54-52(39-46)51-38-43(29-35-53(51)56-54)41-19-8-2-9-20-41)44-30-33-50(34-31-44)57(47-23-10-3-11-24-47,48-25-12-4-13-26-48)49-27-14-5-15-28-49/h1-39H. The third-order valence-electron chi connectivity index (χ3n) is 11.2. The fraction of sp³-hybridized carbons (Fsp3) is 0. The van der Waals surface area contributed by atoms with Gasteiger partial charge in [-0.15, -0.1) is 0 Å². The molecule has 1 heterocycles. The highest BCUT2D eigenvalue weighted by Crippen LogP contribution is 2.40. The van der Waals surface area contributed by atoms with Crippen molar-refractivity contribution in [1.29, 1.82) is 0 Å². The molecule has 57 heavy (non-hydrogen) atoms. The molecule has 0 saturated carbocycles. The van der Waals surface area contributed by atoms with Gasteiger partial charge in [0.05, 0.1) is 0 Å². The predicted molar refractivity (Wildman–Crippen MR) is 243 cm³/mol. The zero-order valence-corrected chi connectivity index (χ0v) is 32.4. The molecule has 10 rings (SSSR count). The molecule has 0 radical (unpaired) electrons. The van der Waals surface area contributed by atoms with E-state index in [0.29, 0.717) is 0 Å².